The fourth-order valence-electron chi connectivity index (χ4n) is 1.73. The minimum atomic E-state index is 0.631. The summed E-state index contributed by atoms with van der Waals surface area (Å²) in [6.45, 7) is 2.14. The molecule has 0 saturated carbocycles. The van der Waals surface area contributed by atoms with E-state index < -0.39 is 0 Å². The molecule has 2 nitrogen and oxygen atoms in total. The van der Waals surface area contributed by atoms with Crippen LogP contribution in [0.5, 0.6) is 0 Å². The Kier molecular flexibility index (Phi) is 4.25. The van der Waals surface area contributed by atoms with Crippen molar-refractivity contribution in [2.24, 2.45) is 0 Å². The first-order valence-corrected chi connectivity index (χ1v) is 6.92. The van der Waals surface area contributed by atoms with E-state index in [1.807, 2.05) is 18.0 Å². The van der Waals surface area contributed by atoms with E-state index >= 15 is 0 Å². The second kappa shape index (κ2) is 5.72. The minimum absolute atomic E-state index is 0.631. The zero-order valence-corrected chi connectivity index (χ0v) is 12.7. The predicted molar refractivity (Wildman–Crippen MR) is 80.8 cm³/mol. The van der Waals surface area contributed by atoms with Crippen LogP contribution in [-0.2, 0) is 6.42 Å². The minimum Gasteiger partial charge on any atom is -0.328 e. The number of benzene rings is 1. The van der Waals surface area contributed by atoms with Crippen molar-refractivity contribution in [3.05, 3.63) is 51.6 Å². The molecule has 1 aromatic heterocycles. The maximum atomic E-state index is 6.20. The molecule has 1 heterocycles. The summed E-state index contributed by atoms with van der Waals surface area (Å²) in [5.41, 5.74) is 2.39. The molecule has 0 aliphatic carbocycles. The molecular weight excluding hydrogens is 312 g/mol. The highest BCUT2D eigenvalue weighted by molar-refractivity contribution is 9.10. The summed E-state index contributed by atoms with van der Waals surface area (Å²) < 4.78 is 0.881. The third-order valence-corrected chi connectivity index (χ3v) is 3.55. The Morgan fingerprint density at radius 1 is 1.28 bits per heavy atom. The summed E-state index contributed by atoms with van der Waals surface area (Å²) in [6, 6.07) is 10.3. The lowest BCUT2D eigenvalue weighted by Crippen LogP contribution is -2.11. The first kappa shape index (κ1) is 13.4. The molecule has 0 unspecified atom stereocenters. The number of hydrogen-bond acceptors (Lipinski definition) is 2. The van der Waals surface area contributed by atoms with Crippen LogP contribution in [-0.4, -0.2) is 12.0 Å². The highest BCUT2D eigenvalue weighted by atomic mass is 79.9. The number of anilines is 2. The van der Waals surface area contributed by atoms with Gasteiger partial charge in [0.1, 0.15) is 0 Å². The van der Waals surface area contributed by atoms with Crippen LogP contribution in [0.25, 0.3) is 0 Å². The highest BCUT2D eigenvalue weighted by Gasteiger charge is 2.10. The van der Waals surface area contributed by atoms with Crippen molar-refractivity contribution in [2.75, 3.05) is 11.9 Å². The molecule has 0 N–H and O–H groups in total. The Balaban J connectivity index is 2.31. The van der Waals surface area contributed by atoms with Gasteiger partial charge in [-0.3, -0.25) is 0 Å². The van der Waals surface area contributed by atoms with E-state index in [1.165, 1.54) is 5.56 Å². The quantitative estimate of drug-likeness (QED) is 0.803. The Hall–Kier alpha value is -1.06. The fraction of sp³-hybridized carbons (Fsp3) is 0.214. The van der Waals surface area contributed by atoms with Crippen LogP contribution in [0, 0.1) is 0 Å². The predicted octanol–water partition coefficient (Wildman–Crippen LogP) is 4.83. The largest absolute Gasteiger partial charge is 0.328 e. The van der Waals surface area contributed by atoms with Gasteiger partial charge in [0.15, 0.2) is 5.82 Å². The molecule has 0 atom stereocenters. The Morgan fingerprint density at radius 3 is 2.50 bits per heavy atom. The van der Waals surface area contributed by atoms with Crippen LogP contribution in [0.1, 0.15) is 12.5 Å². The average molecular weight is 326 g/mol. The van der Waals surface area contributed by atoms with E-state index in [4.69, 9.17) is 11.6 Å². The Morgan fingerprint density at radius 2 is 1.94 bits per heavy atom. The van der Waals surface area contributed by atoms with E-state index in [1.54, 1.807) is 6.20 Å². The van der Waals surface area contributed by atoms with Crippen molar-refractivity contribution in [2.45, 2.75) is 13.3 Å². The summed E-state index contributed by atoms with van der Waals surface area (Å²) in [5, 5.41) is 0.631. The van der Waals surface area contributed by atoms with Crippen LogP contribution in [0.15, 0.2) is 41.0 Å². The standard InChI is InChI=1S/C14H14BrClN2/c1-3-10-4-6-12(7-5-10)18(2)14-13(16)8-11(15)9-17-14/h4-9H,3H2,1-2H3. The monoisotopic (exact) mass is 324 g/mol. The van der Waals surface area contributed by atoms with Crippen LogP contribution in [0.2, 0.25) is 5.02 Å². The fourth-order valence-corrected chi connectivity index (χ4v) is 2.49. The first-order valence-electron chi connectivity index (χ1n) is 5.75. The number of pyridine rings is 1. The van der Waals surface area contributed by atoms with E-state index in [0.29, 0.717) is 5.02 Å². The first-order chi connectivity index (χ1) is 8.61. The molecule has 2 aromatic rings. The zero-order chi connectivity index (χ0) is 13.1. The van der Waals surface area contributed by atoms with Gasteiger partial charge < -0.3 is 4.90 Å². The van der Waals surface area contributed by atoms with Gasteiger partial charge in [0.05, 0.1) is 5.02 Å². The second-order valence-electron chi connectivity index (χ2n) is 4.04. The molecule has 0 aliphatic rings. The molecule has 2 rings (SSSR count). The molecule has 0 saturated heterocycles. The second-order valence-corrected chi connectivity index (χ2v) is 5.36. The maximum absolute atomic E-state index is 6.20. The summed E-state index contributed by atoms with van der Waals surface area (Å²) >= 11 is 9.55. The number of hydrogen-bond donors (Lipinski definition) is 0. The molecule has 4 heteroatoms. The van der Waals surface area contributed by atoms with Gasteiger partial charge in [-0.25, -0.2) is 4.98 Å². The topological polar surface area (TPSA) is 16.1 Å². The Bertz CT molecular complexity index is 540. The highest BCUT2D eigenvalue weighted by Crippen LogP contribution is 2.30. The molecule has 0 spiro atoms. The molecule has 0 fully saturated rings. The van der Waals surface area contributed by atoms with Crippen LogP contribution in [0.3, 0.4) is 0 Å². The van der Waals surface area contributed by atoms with E-state index in [0.717, 1.165) is 22.4 Å². The summed E-state index contributed by atoms with van der Waals surface area (Å²) in [7, 11) is 1.96. The van der Waals surface area contributed by atoms with Crippen LogP contribution < -0.4 is 4.90 Å². The SMILES string of the molecule is CCc1ccc(N(C)c2ncc(Br)cc2Cl)cc1. The van der Waals surface area contributed by atoms with Gasteiger partial charge in [-0.1, -0.05) is 30.7 Å². The maximum Gasteiger partial charge on any atom is 0.151 e. The third kappa shape index (κ3) is 2.85. The van der Waals surface area contributed by atoms with Gasteiger partial charge in [-0.2, -0.15) is 0 Å². The van der Waals surface area contributed by atoms with Crippen molar-refractivity contribution in [1.29, 1.82) is 0 Å². The molecule has 0 amide bonds. The Labute approximate surface area is 121 Å². The van der Waals surface area contributed by atoms with Gasteiger partial charge in [0, 0.05) is 23.4 Å². The molecule has 0 bridgehead atoms. The number of aromatic nitrogens is 1. The van der Waals surface area contributed by atoms with Crippen molar-refractivity contribution in [3.63, 3.8) is 0 Å². The van der Waals surface area contributed by atoms with Gasteiger partial charge in [0.25, 0.3) is 0 Å². The van der Waals surface area contributed by atoms with Gasteiger partial charge in [-0.15, -0.1) is 0 Å². The number of nitrogens with zero attached hydrogens (tertiary/aromatic N) is 2. The van der Waals surface area contributed by atoms with Gasteiger partial charge >= 0.3 is 0 Å². The summed E-state index contributed by atoms with van der Waals surface area (Å²) in [4.78, 5) is 6.32. The lowest BCUT2D eigenvalue weighted by atomic mass is 10.1. The van der Waals surface area contributed by atoms with Crippen molar-refractivity contribution >= 4 is 39.0 Å². The van der Waals surface area contributed by atoms with Crippen molar-refractivity contribution in [3.8, 4) is 0 Å². The lowest BCUT2D eigenvalue weighted by molar-refractivity contribution is 1.10. The molecule has 18 heavy (non-hydrogen) atoms. The van der Waals surface area contributed by atoms with E-state index in [-0.39, 0.29) is 0 Å². The third-order valence-electron chi connectivity index (χ3n) is 2.84. The number of aryl methyl sites for hydroxylation is 1. The van der Waals surface area contributed by atoms with Gasteiger partial charge in [-0.05, 0) is 46.1 Å². The zero-order valence-electron chi connectivity index (χ0n) is 10.3. The van der Waals surface area contributed by atoms with E-state index in [9.17, 15) is 0 Å². The molecular formula is C14H14BrClN2. The molecule has 1 aromatic carbocycles. The van der Waals surface area contributed by atoms with E-state index in [2.05, 4.69) is 52.1 Å². The van der Waals surface area contributed by atoms with Crippen molar-refractivity contribution < 1.29 is 0 Å². The van der Waals surface area contributed by atoms with Crippen molar-refractivity contribution in [1.82, 2.24) is 4.98 Å². The lowest BCUT2D eigenvalue weighted by Gasteiger charge is -2.19. The smallest absolute Gasteiger partial charge is 0.151 e. The number of rotatable bonds is 3. The van der Waals surface area contributed by atoms with Crippen LogP contribution >= 0.6 is 27.5 Å². The van der Waals surface area contributed by atoms with Gasteiger partial charge in [0.2, 0.25) is 0 Å². The number of halogens is 2. The summed E-state index contributed by atoms with van der Waals surface area (Å²) in [5.74, 6) is 0.754. The molecule has 94 valence electrons. The van der Waals surface area contributed by atoms with Crippen LogP contribution in [0.4, 0.5) is 11.5 Å². The normalized spacial score (nSPS) is 10.4. The molecule has 0 aliphatic heterocycles. The summed E-state index contributed by atoms with van der Waals surface area (Å²) in [6.07, 6.45) is 2.79. The average Bonchev–Trinajstić information content (AvgIpc) is 2.38. The molecule has 0 radical (unpaired) electrons.